The van der Waals surface area contributed by atoms with E-state index in [2.05, 4.69) is 15.9 Å². The van der Waals surface area contributed by atoms with Crippen molar-refractivity contribution >= 4 is 15.9 Å². The van der Waals surface area contributed by atoms with Crippen molar-refractivity contribution in [2.24, 2.45) is 0 Å². The van der Waals surface area contributed by atoms with Gasteiger partial charge in [-0.1, -0.05) is 34.1 Å². The molecule has 0 amide bonds. The van der Waals surface area contributed by atoms with Gasteiger partial charge in [-0.05, 0) is 29.8 Å². The van der Waals surface area contributed by atoms with Gasteiger partial charge in [0.1, 0.15) is 5.82 Å². The van der Waals surface area contributed by atoms with Gasteiger partial charge in [0, 0.05) is 10.0 Å². The summed E-state index contributed by atoms with van der Waals surface area (Å²) < 4.78 is 19.1. The molecule has 5 heteroatoms. The van der Waals surface area contributed by atoms with Gasteiger partial charge in [-0.3, -0.25) is 0 Å². The molecule has 0 spiro atoms. The Morgan fingerprint density at radius 2 is 2.05 bits per heavy atom. The van der Waals surface area contributed by atoms with Crippen LogP contribution in [0, 0.1) is 17.1 Å². The van der Waals surface area contributed by atoms with E-state index in [4.69, 9.17) is 10.00 Å². The molecule has 0 aliphatic rings. The molecule has 2 aromatic carbocycles. The molecule has 3 nitrogen and oxygen atoms in total. The van der Waals surface area contributed by atoms with E-state index in [0.717, 1.165) is 0 Å². The second-order valence-corrected chi connectivity index (χ2v) is 4.95. The summed E-state index contributed by atoms with van der Waals surface area (Å²) >= 11 is 3.28. The molecule has 0 heterocycles. The molecule has 0 aliphatic carbocycles. The highest BCUT2D eigenvalue weighted by atomic mass is 79.9. The second-order valence-electron chi connectivity index (χ2n) is 4.10. The lowest BCUT2D eigenvalue weighted by Gasteiger charge is -2.14. The fourth-order valence-electron chi connectivity index (χ4n) is 1.73. The molecule has 0 aromatic heterocycles. The lowest BCUT2D eigenvalue weighted by atomic mass is 10.1. The number of aliphatic hydroxyl groups is 1. The van der Waals surface area contributed by atoms with Crippen molar-refractivity contribution < 1.29 is 14.2 Å². The fourth-order valence-corrected chi connectivity index (χ4v) is 2.09. The van der Waals surface area contributed by atoms with Gasteiger partial charge in [0.05, 0.1) is 18.2 Å². The Balaban J connectivity index is 2.11. The van der Waals surface area contributed by atoms with Crippen LogP contribution in [-0.4, -0.2) is 5.11 Å². The van der Waals surface area contributed by atoms with Gasteiger partial charge < -0.3 is 9.84 Å². The first-order valence-electron chi connectivity index (χ1n) is 5.84. The van der Waals surface area contributed by atoms with Gasteiger partial charge in [-0.15, -0.1) is 0 Å². The molecule has 1 unspecified atom stereocenters. The maximum absolute atomic E-state index is 13.1. The summed E-state index contributed by atoms with van der Waals surface area (Å²) in [5.74, 6) is -0.376. The molecular weight excluding hydrogens is 325 g/mol. The third kappa shape index (κ3) is 3.42. The van der Waals surface area contributed by atoms with Crippen LogP contribution in [0.1, 0.15) is 23.0 Å². The summed E-state index contributed by atoms with van der Waals surface area (Å²) in [6, 6.07) is 12.8. The molecule has 0 radical (unpaired) electrons. The predicted molar refractivity (Wildman–Crippen MR) is 75.0 cm³/mol. The Kier molecular flexibility index (Phi) is 4.85. The Morgan fingerprint density at radius 3 is 2.80 bits per heavy atom. The lowest BCUT2D eigenvalue weighted by molar-refractivity contribution is -0.112. The van der Waals surface area contributed by atoms with Gasteiger partial charge in [-0.25, -0.2) is 4.39 Å². The average molecular weight is 336 g/mol. The summed E-state index contributed by atoms with van der Waals surface area (Å²) in [7, 11) is 0. The minimum absolute atomic E-state index is 0.0271. The topological polar surface area (TPSA) is 53.2 Å². The second kappa shape index (κ2) is 6.62. The Labute approximate surface area is 124 Å². The zero-order chi connectivity index (χ0) is 14.5. The number of benzene rings is 2. The number of nitriles is 1. The third-order valence-electron chi connectivity index (χ3n) is 2.75. The highest BCUT2D eigenvalue weighted by Crippen LogP contribution is 2.23. The van der Waals surface area contributed by atoms with Gasteiger partial charge in [0.15, 0.2) is 6.29 Å². The summed E-state index contributed by atoms with van der Waals surface area (Å²) in [6.07, 6.45) is -1.24. The Morgan fingerprint density at radius 1 is 1.30 bits per heavy atom. The summed E-state index contributed by atoms with van der Waals surface area (Å²) in [6.45, 7) is 0.0271. The minimum Gasteiger partial charge on any atom is -0.364 e. The number of nitrogens with zero attached hydrogens (tertiary/aromatic N) is 1. The Bertz CT molecular complexity index is 655. The van der Waals surface area contributed by atoms with Crippen LogP contribution in [0.3, 0.4) is 0 Å². The zero-order valence-corrected chi connectivity index (χ0v) is 12.0. The van der Waals surface area contributed by atoms with Crippen molar-refractivity contribution in [3.05, 3.63) is 69.4 Å². The first-order valence-corrected chi connectivity index (χ1v) is 6.63. The minimum atomic E-state index is -1.24. The lowest BCUT2D eigenvalue weighted by Crippen LogP contribution is -2.06. The number of aliphatic hydroxyl groups excluding tert-OH is 1. The largest absolute Gasteiger partial charge is 0.364 e. The summed E-state index contributed by atoms with van der Waals surface area (Å²) in [5, 5.41) is 18.9. The molecule has 0 saturated heterocycles. The van der Waals surface area contributed by atoms with Gasteiger partial charge >= 0.3 is 0 Å². The van der Waals surface area contributed by atoms with Crippen LogP contribution in [0.15, 0.2) is 46.9 Å². The number of hydrogen-bond acceptors (Lipinski definition) is 3. The molecule has 102 valence electrons. The number of halogens is 2. The SMILES string of the molecule is N#Cc1ccccc1C(O)OCc1cc(F)ccc1Br. The summed E-state index contributed by atoms with van der Waals surface area (Å²) in [4.78, 5) is 0. The van der Waals surface area contributed by atoms with Crippen LogP contribution in [-0.2, 0) is 11.3 Å². The van der Waals surface area contributed by atoms with Crippen LogP contribution >= 0.6 is 15.9 Å². The van der Waals surface area contributed by atoms with Crippen LogP contribution in [0.25, 0.3) is 0 Å². The summed E-state index contributed by atoms with van der Waals surface area (Å²) in [5.41, 5.74) is 1.32. The third-order valence-corrected chi connectivity index (χ3v) is 3.53. The van der Waals surface area contributed by atoms with Crippen LogP contribution in [0.4, 0.5) is 4.39 Å². The molecule has 20 heavy (non-hydrogen) atoms. The zero-order valence-electron chi connectivity index (χ0n) is 10.4. The molecule has 2 rings (SSSR count). The van der Waals surface area contributed by atoms with Crippen molar-refractivity contribution in [2.45, 2.75) is 12.9 Å². The number of rotatable bonds is 4. The van der Waals surface area contributed by atoms with Crippen molar-refractivity contribution in [1.29, 1.82) is 5.26 Å². The van der Waals surface area contributed by atoms with Crippen molar-refractivity contribution in [2.75, 3.05) is 0 Å². The van der Waals surface area contributed by atoms with Gasteiger partial charge in [0.25, 0.3) is 0 Å². The van der Waals surface area contributed by atoms with E-state index in [1.54, 1.807) is 30.3 Å². The van der Waals surface area contributed by atoms with E-state index in [-0.39, 0.29) is 12.4 Å². The maximum Gasteiger partial charge on any atom is 0.182 e. The van der Waals surface area contributed by atoms with Crippen LogP contribution < -0.4 is 0 Å². The fraction of sp³-hybridized carbons (Fsp3) is 0.133. The van der Waals surface area contributed by atoms with E-state index < -0.39 is 6.29 Å². The average Bonchev–Trinajstić information content (AvgIpc) is 2.47. The van der Waals surface area contributed by atoms with E-state index in [9.17, 15) is 9.50 Å². The van der Waals surface area contributed by atoms with Gasteiger partial charge in [0.2, 0.25) is 0 Å². The van der Waals surface area contributed by atoms with Crippen molar-refractivity contribution in [1.82, 2.24) is 0 Å². The van der Waals surface area contributed by atoms with Crippen LogP contribution in [0.2, 0.25) is 0 Å². The number of hydrogen-bond donors (Lipinski definition) is 1. The van der Waals surface area contributed by atoms with E-state index in [1.165, 1.54) is 12.1 Å². The number of ether oxygens (including phenoxy) is 1. The standard InChI is InChI=1S/C15H11BrFNO2/c16-14-6-5-12(17)7-11(14)9-20-15(19)13-4-2-1-3-10(13)8-18/h1-7,15,19H,9H2. The first kappa shape index (κ1) is 14.7. The molecule has 0 fully saturated rings. The van der Waals surface area contributed by atoms with Crippen molar-refractivity contribution in [3.63, 3.8) is 0 Å². The molecule has 0 aliphatic heterocycles. The molecular formula is C15H11BrFNO2. The molecule has 2 aromatic rings. The van der Waals surface area contributed by atoms with E-state index in [0.29, 0.717) is 21.2 Å². The molecule has 0 saturated carbocycles. The van der Waals surface area contributed by atoms with E-state index >= 15 is 0 Å². The predicted octanol–water partition coefficient (Wildman–Crippen LogP) is 3.67. The highest BCUT2D eigenvalue weighted by molar-refractivity contribution is 9.10. The Hall–Kier alpha value is -1.74. The van der Waals surface area contributed by atoms with Crippen LogP contribution in [0.5, 0.6) is 0 Å². The van der Waals surface area contributed by atoms with E-state index in [1.807, 2.05) is 6.07 Å². The smallest absolute Gasteiger partial charge is 0.182 e. The molecule has 0 bridgehead atoms. The first-order chi connectivity index (χ1) is 9.61. The maximum atomic E-state index is 13.1. The highest BCUT2D eigenvalue weighted by Gasteiger charge is 2.13. The normalized spacial score (nSPS) is 11.9. The molecule has 1 N–H and O–H groups in total. The van der Waals surface area contributed by atoms with Gasteiger partial charge in [-0.2, -0.15) is 5.26 Å². The van der Waals surface area contributed by atoms with Crippen molar-refractivity contribution in [3.8, 4) is 6.07 Å². The quantitative estimate of drug-likeness (QED) is 0.867. The monoisotopic (exact) mass is 335 g/mol. The molecule has 1 atom stereocenters.